The van der Waals surface area contributed by atoms with Crippen molar-refractivity contribution in [3.8, 4) is 11.3 Å². The topological polar surface area (TPSA) is 102 Å². The van der Waals surface area contributed by atoms with Gasteiger partial charge in [-0.25, -0.2) is 13.9 Å². The first-order valence-electron chi connectivity index (χ1n) is 10.1. The molecule has 1 aromatic heterocycles. The lowest BCUT2D eigenvalue weighted by molar-refractivity contribution is -0.125. The molecule has 2 amide bonds. The maximum Gasteiger partial charge on any atom is 0.338 e. The van der Waals surface area contributed by atoms with E-state index in [1.807, 2.05) is 0 Å². The average Bonchev–Trinajstić information content (AvgIpc) is 3.10. The van der Waals surface area contributed by atoms with E-state index in [2.05, 4.69) is 15.7 Å². The van der Waals surface area contributed by atoms with Gasteiger partial charge in [-0.3, -0.25) is 9.59 Å². The fraction of sp³-hybridized carbons (Fsp3) is 0.217. The smallest absolute Gasteiger partial charge is 0.338 e. The second-order valence-electron chi connectivity index (χ2n) is 7.33. The molecule has 2 N–H and O–H groups in total. The predicted octanol–water partition coefficient (Wildman–Crippen LogP) is 3.70. The molecule has 2 aromatic carbocycles. The summed E-state index contributed by atoms with van der Waals surface area (Å²) >= 11 is 0. The van der Waals surface area contributed by atoms with Crippen molar-refractivity contribution in [2.24, 2.45) is 0 Å². The second-order valence-corrected chi connectivity index (χ2v) is 7.33. The monoisotopic (exact) mass is 436 g/mol. The Labute approximate surface area is 183 Å². The van der Waals surface area contributed by atoms with Crippen LogP contribution >= 0.6 is 0 Å². The van der Waals surface area contributed by atoms with E-state index in [1.165, 1.54) is 16.8 Å². The van der Waals surface area contributed by atoms with Gasteiger partial charge in [0.2, 0.25) is 11.8 Å². The summed E-state index contributed by atoms with van der Waals surface area (Å²) < 4.78 is 19.7. The van der Waals surface area contributed by atoms with Crippen LogP contribution in [0.15, 0.2) is 48.5 Å². The molecule has 1 unspecified atom stereocenters. The Morgan fingerprint density at radius 2 is 1.88 bits per heavy atom. The van der Waals surface area contributed by atoms with Crippen LogP contribution in [0.4, 0.5) is 15.9 Å². The van der Waals surface area contributed by atoms with Crippen molar-refractivity contribution in [3.05, 3.63) is 65.5 Å². The molecule has 0 bridgehead atoms. The van der Waals surface area contributed by atoms with Gasteiger partial charge in [0.15, 0.2) is 0 Å². The number of esters is 1. The summed E-state index contributed by atoms with van der Waals surface area (Å²) in [5.41, 5.74) is 2.75. The van der Waals surface area contributed by atoms with Crippen LogP contribution in [0.1, 0.15) is 35.3 Å². The maximum atomic E-state index is 13.3. The average molecular weight is 436 g/mol. The summed E-state index contributed by atoms with van der Waals surface area (Å²) in [5.74, 6) is -1.10. The van der Waals surface area contributed by atoms with Gasteiger partial charge in [-0.15, -0.1) is 0 Å². The van der Waals surface area contributed by atoms with Crippen LogP contribution in [0.2, 0.25) is 0 Å². The Kier molecular flexibility index (Phi) is 5.72. The standard InChI is InChI=1S/C23H21FN4O4/c1-3-32-23(31)15-6-10-17(11-7-15)25-22(30)18-12-19(29)26-21-13(2)20(27-28(18)21)14-4-8-16(24)9-5-14/h4-11,18H,3,12H2,1-2H3,(H,25,30)(H,26,29). The van der Waals surface area contributed by atoms with Crippen molar-refractivity contribution in [3.63, 3.8) is 0 Å². The van der Waals surface area contributed by atoms with Gasteiger partial charge in [-0.05, 0) is 62.4 Å². The second kappa shape index (κ2) is 8.62. The lowest BCUT2D eigenvalue weighted by atomic mass is 10.1. The zero-order valence-electron chi connectivity index (χ0n) is 17.5. The van der Waals surface area contributed by atoms with Gasteiger partial charge < -0.3 is 15.4 Å². The lowest BCUT2D eigenvalue weighted by Gasteiger charge is -2.24. The zero-order chi connectivity index (χ0) is 22.8. The highest BCUT2D eigenvalue weighted by Gasteiger charge is 2.34. The normalized spacial score (nSPS) is 15.0. The molecule has 1 aliphatic rings. The highest BCUT2D eigenvalue weighted by molar-refractivity contribution is 6.02. The third kappa shape index (κ3) is 4.09. The molecule has 0 radical (unpaired) electrons. The number of carbonyl (C=O) groups excluding carboxylic acids is 3. The molecule has 0 aliphatic carbocycles. The van der Waals surface area contributed by atoms with Crippen molar-refractivity contribution in [2.45, 2.75) is 26.3 Å². The largest absolute Gasteiger partial charge is 0.462 e. The van der Waals surface area contributed by atoms with Crippen LogP contribution in [0.25, 0.3) is 11.3 Å². The number of amides is 2. The number of ether oxygens (including phenoxy) is 1. The Balaban J connectivity index is 1.59. The molecule has 1 aliphatic heterocycles. The van der Waals surface area contributed by atoms with Crippen LogP contribution < -0.4 is 10.6 Å². The van der Waals surface area contributed by atoms with E-state index < -0.39 is 17.9 Å². The summed E-state index contributed by atoms with van der Waals surface area (Å²) in [6.45, 7) is 3.78. The van der Waals surface area contributed by atoms with E-state index in [0.717, 1.165) is 0 Å². The Morgan fingerprint density at radius 1 is 1.19 bits per heavy atom. The van der Waals surface area contributed by atoms with Crippen LogP contribution in [0.3, 0.4) is 0 Å². The van der Waals surface area contributed by atoms with Gasteiger partial charge in [0.25, 0.3) is 0 Å². The van der Waals surface area contributed by atoms with Gasteiger partial charge >= 0.3 is 5.97 Å². The number of hydrogen-bond donors (Lipinski definition) is 2. The minimum atomic E-state index is -0.864. The van der Waals surface area contributed by atoms with Gasteiger partial charge in [-0.1, -0.05) is 0 Å². The molecule has 164 valence electrons. The molecular weight excluding hydrogens is 415 g/mol. The fourth-order valence-corrected chi connectivity index (χ4v) is 3.55. The summed E-state index contributed by atoms with van der Waals surface area (Å²) in [5, 5.41) is 10.1. The molecule has 2 heterocycles. The quantitative estimate of drug-likeness (QED) is 0.594. The number of nitrogens with one attached hydrogen (secondary N) is 2. The third-order valence-electron chi connectivity index (χ3n) is 5.16. The number of carbonyl (C=O) groups is 3. The molecule has 3 aromatic rings. The number of halogens is 1. The molecule has 0 saturated heterocycles. The number of nitrogens with zero attached hydrogens (tertiary/aromatic N) is 2. The lowest BCUT2D eigenvalue weighted by Crippen LogP contribution is -2.35. The van der Waals surface area contributed by atoms with E-state index in [4.69, 9.17) is 4.74 Å². The number of anilines is 2. The molecule has 8 nitrogen and oxygen atoms in total. The van der Waals surface area contributed by atoms with Crippen LogP contribution in [0.5, 0.6) is 0 Å². The molecular formula is C23H21FN4O4. The SMILES string of the molecule is CCOC(=O)c1ccc(NC(=O)C2CC(=O)Nc3c(C)c(-c4ccc(F)cc4)nn32)cc1. The summed E-state index contributed by atoms with van der Waals surface area (Å²) in [6.07, 6.45) is -0.0796. The van der Waals surface area contributed by atoms with Gasteiger partial charge in [0.05, 0.1) is 24.3 Å². The van der Waals surface area contributed by atoms with E-state index in [1.54, 1.807) is 50.2 Å². The molecule has 0 fully saturated rings. The minimum Gasteiger partial charge on any atom is -0.462 e. The predicted molar refractivity (Wildman–Crippen MR) is 116 cm³/mol. The van der Waals surface area contributed by atoms with Crippen molar-refractivity contribution in [2.75, 3.05) is 17.2 Å². The van der Waals surface area contributed by atoms with Crippen molar-refractivity contribution in [1.82, 2.24) is 9.78 Å². The molecule has 4 rings (SSSR count). The first kappa shape index (κ1) is 21.2. The number of hydrogen-bond acceptors (Lipinski definition) is 5. The molecule has 9 heteroatoms. The Hall–Kier alpha value is -4.01. The van der Waals surface area contributed by atoms with E-state index in [9.17, 15) is 18.8 Å². The summed E-state index contributed by atoms with van der Waals surface area (Å²) in [7, 11) is 0. The van der Waals surface area contributed by atoms with E-state index in [0.29, 0.717) is 33.9 Å². The number of rotatable bonds is 5. The molecule has 1 atom stereocenters. The minimum absolute atomic E-state index is 0.0796. The Bertz CT molecular complexity index is 1190. The van der Waals surface area contributed by atoms with Gasteiger partial charge in [0, 0.05) is 16.8 Å². The highest BCUT2D eigenvalue weighted by atomic mass is 19.1. The highest BCUT2D eigenvalue weighted by Crippen LogP contribution is 2.34. The molecule has 0 spiro atoms. The van der Waals surface area contributed by atoms with Gasteiger partial charge in [-0.2, -0.15) is 5.10 Å². The van der Waals surface area contributed by atoms with Crippen molar-refractivity contribution >= 4 is 29.3 Å². The molecule has 0 saturated carbocycles. The first-order valence-corrected chi connectivity index (χ1v) is 10.1. The zero-order valence-corrected chi connectivity index (χ0v) is 17.5. The van der Waals surface area contributed by atoms with Crippen LogP contribution in [0, 0.1) is 12.7 Å². The third-order valence-corrected chi connectivity index (χ3v) is 5.16. The van der Waals surface area contributed by atoms with Gasteiger partial charge in [0.1, 0.15) is 17.7 Å². The van der Waals surface area contributed by atoms with Crippen molar-refractivity contribution < 1.29 is 23.5 Å². The summed E-state index contributed by atoms with van der Waals surface area (Å²) in [6, 6.07) is 11.3. The summed E-state index contributed by atoms with van der Waals surface area (Å²) in [4.78, 5) is 37.1. The fourth-order valence-electron chi connectivity index (χ4n) is 3.55. The van der Waals surface area contributed by atoms with E-state index >= 15 is 0 Å². The first-order chi connectivity index (χ1) is 15.4. The van der Waals surface area contributed by atoms with E-state index in [-0.39, 0.29) is 24.8 Å². The van der Waals surface area contributed by atoms with Crippen LogP contribution in [-0.4, -0.2) is 34.2 Å². The number of fused-ring (bicyclic) bond motifs is 1. The number of aromatic nitrogens is 2. The number of benzene rings is 2. The molecule has 32 heavy (non-hydrogen) atoms. The van der Waals surface area contributed by atoms with Crippen LogP contribution in [-0.2, 0) is 14.3 Å². The Morgan fingerprint density at radius 3 is 2.53 bits per heavy atom. The van der Waals surface area contributed by atoms with Crippen molar-refractivity contribution in [1.29, 1.82) is 0 Å². The maximum absolute atomic E-state index is 13.3.